The normalized spacial score (nSPS) is 28.2. The number of carbonyl (C=O) groups excluding carboxylic acids is 1. The average molecular weight is 443 g/mol. The molecule has 4 bridgehead atoms. The number of nitrogens with one attached hydrogen (secondary N) is 3. The van der Waals surface area contributed by atoms with Gasteiger partial charge in [-0.05, 0) is 80.5 Å². The number of aromatic nitrogens is 2. The highest BCUT2D eigenvalue weighted by molar-refractivity contribution is 6.30. The lowest BCUT2D eigenvalue weighted by Gasteiger charge is -2.57. The number of rotatable bonds is 6. The summed E-state index contributed by atoms with van der Waals surface area (Å²) in [6.45, 7) is 0. The molecular formula is C21H23ClN6O3. The minimum absolute atomic E-state index is 0.0606. The zero-order chi connectivity index (χ0) is 21.6. The van der Waals surface area contributed by atoms with Gasteiger partial charge in [-0.15, -0.1) is 0 Å². The highest BCUT2D eigenvalue weighted by Crippen LogP contribution is 2.56. The van der Waals surface area contributed by atoms with Gasteiger partial charge in [-0.2, -0.15) is 0 Å². The molecule has 3 N–H and O–H groups in total. The number of nitrogens with zero attached hydrogens (tertiary/aromatic N) is 3. The lowest BCUT2D eigenvalue weighted by atomic mass is 9.53. The van der Waals surface area contributed by atoms with Crippen LogP contribution in [0.2, 0.25) is 5.02 Å². The van der Waals surface area contributed by atoms with E-state index in [0.717, 1.165) is 19.3 Å². The van der Waals surface area contributed by atoms with Crippen molar-refractivity contribution in [1.82, 2.24) is 15.4 Å². The first-order valence-electron chi connectivity index (χ1n) is 10.5. The second kappa shape index (κ2) is 7.64. The molecule has 4 saturated carbocycles. The van der Waals surface area contributed by atoms with Gasteiger partial charge >= 0.3 is 5.69 Å². The van der Waals surface area contributed by atoms with Gasteiger partial charge in [0.1, 0.15) is 6.33 Å². The predicted molar refractivity (Wildman–Crippen MR) is 116 cm³/mol. The zero-order valence-electron chi connectivity index (χ0n) is 16.8. The monoisotopic (exact) mass is 442 g/mol. The molecule has 0 radical (unpaired) electrons. The molecule has 1 heterocycles. The Hall–Kier alpha value is -2.94. The van der Waals surface area contributed by atoms with Gasteiger partial charge in [0, 0.05) is 16.1 Å². The van der Waals surface area contributed by atoms with Crippen molar-refractivity contribution in [2.45, 2.75) is 44.1 Å². The summed E-state index contributed by atoms with van der Waals surface area (Å²) in [7, 11) is 0. The van der Waals surface area contributed by atoms with Crippen LogP contribution in [0, 0.1) is 27.9 Å². The summed E-state index contributed by atoms with van der Waals surface area (Å²) in [5.74, 6) is 1.75. The van der Waals surface area contributed by atoms with Crippen LogP contribution in [0.4, 0.5) is 17.3 Å². The van der Waals surface area contributed by atoms with Gasteiger partial charge in [-0.25, -0.2) is 9.97 Å². The summed E-state index contributed by atoms with van der Waals surface area (Å²) in [6.07, 6.45) is 8.16. The smallest absolute Gasteiger partial charge is 0.354 e. The zero-order valence-corrected chi connectivity index (χ0v) is 17.6. The minimum atomic E-state index is -0.514. The fourth-order valence-electron chi connectivity index (χ4n) is 6.04. The van der Waals surface area contributed by atoms with Gasteiger partial charge < -0.3 is 5.32 Å². The third-order valence-electron chi connectivity index (χ3n) is 6.83. The first-order valence-corrected chi connectivity index (χ1v) is 10.9. The Morgan fingerprint density at radius 1 is 1.03 bits per heavy atom. The fourth-order valence-corrected chi connectivity index (χ4v) is 6.16. The molecule has 162 valence electrons. The third kappa shape index (κ3) is 3.89. The minimum Gasteiger partial charge on any atom is -0.359 e. The van der Waals surface area contributed by atoms with Crippen molar-refractivity contribution in [1.29, 1.82) is 0 Å². The third-order valence-corrected chi connectivity index (χ3v) is 7.08. The maximum atomic E-state index is 12.3. The highest BCUT2D eigenvalue weighted by atomic mass is 35.5. The van der Waals surface area contributed by atoms with E-state index in [1.807, 2.05) is 0 Å². The second-order valence-corrected chi connectivity index (χ2v) is 9.52. The number of hydrogen-bond donors (Lipinski definition) is 3. The number of benzene rings is 1. The van der Waals surface area contributed by atoms with E-state index in [0.29, 0.717) is 28.3 Å². The largest absolute Gasteiger partial charge is 0.359 e. The first kappa shape index (κ1) is 20.0. The Morgan fingerprint density at radius 3 is 2.19 bits per heavy atom. The van der Waals surface area contributed by atoms with Crippen molar-refractivity contribution in [3.05, 3.63) is 51.3 Å². The molecule has 31 heavy (non-hydrogen) atoms. The number of nitro groups is 1. The summed E-state index contributed by atoms with van der Waals surface area (Å²) in [4.78, 5) is 31.9. The maximum Gasteiger partial charge on any atom is 0.354 e. The standard InChI is InChI=1S/C21H23ClN6O3/c22-16-3-1-15(2-4-16)20(29)27-26-19-17(28(30)31)18(23-11-24-19)25-21-8-12-5-13(9-21)7-14(6-12)10-21/h1-4,11-14H,5-10H2,(H,27,29)(H2,23,24,25,26). The highest BCUT2D eigenvalue weighted by Gasteiger charge is 2.51. The summed E-state index contributed by atoms with van der Waals surface area (Å²) >= 11 is 5.84. The molecule has 0 atom stereocenters. The molecule has 9 nitrogen and oxygen atoms in total. The molecule has 4 aliphatic rings. The Morgan fingerprint density at radius 2 is 1.61 bits per heavy atom. The van der Waals surface area contributed by atoms with Crippen molar-refractivity contribution >= 4 is 34.8 Å². The molecule has 0 aliphatic heterocycles. The molecule has 2 aromatic rings. The van der Waals surface area contributed by atoms with Crippen LogP contribution in [-0.4, -0.2) is 26.3 Å². The molecule has 10 heteroatoms. The topological polar surface area (TPSA) is 122 Å². The Labute approximate surface area is 184 Å². The van der Waals surface area contributed by atoms with Crippen molar-refractivity contribution in [2.24, 2.45) is 17.8 Å². The molecule has 0 saturated heterocycles. The molecule has 1 amide bonds. The van der Waals surface area contributed by atoms with Gasteiger partial charge in [0.05, 0.1) is 4.92 Å². The van der Waals surface area contributed by atoms with Gasteiger partial charge in [0.25, 0.3) is 5.91 Å². The van der Waals surface area contributed by atoms with Crippen LogP contribution in [0.25, 0.3) is 0 Å². The van der Waals surface area contributed by atoms with E-state index in [9.17, 15) is 14.9 Å². The van der Waals surface area contributed by atoms with E-state index in [4.69, 9.17) is 11.6 Å². The van der Waals surface area contributed by atoms with Gasteiger partial charge in [0.2, 0.25) is 11.6 Å². The van der Waals surface area contributed by atoms with Crippen LogP contribution < -0.4 is 16.2 Å². The van der Waals surface area contributed by atoms with Crippen molar-refractivity contribution in [3.63, 3.8) is 0 Å². The van der Waals surface area contributed by atoms with E-state index >= 15 is 0 Å². The number of carbonyl (C=O) groups is 1. The molecule has 0 spiro atoms. The van der Waals surface area contributed by atoms with Crippen molar-refractivity contribution in [3.8, 4) is 0 Å². The molecule has 1 aromatic heterocycles. The van der Waals surface area contributed by atoms with Crippen molar-refractivity contribution in [2.75, 3.05) is 10.7 Å². The van der Waals surface area contributed by atoms with E-state index < -0.39 is 10.8 Å². The summed E-state index contributed by atoms with van der Waals surface area (Å²) in [6, 6.07) is 6.32. The fraction of sp³-hybridized carbons (Fsp3) is 0.476. The second-order valence-electron chi connectivity index (χ2n) is 9.09. The van der Waals surface area contributed by atoms with E-state index in [1.54, 1.807) is 24.3 Å². The number of hydrogen-bond acceptors (Lipinski definition) is 7. The molecule has 4 fully saturated rings. The Kier molecular flexibility index (Phi) is 4.92. The molecule has 0 unspecified atom stereocenters. The quantitative estimate of drug-likeness (QED) is 0.453. The van der Waals surface area contributed by atoms with Gasteiger partial charge in [0.15, 0.2) is 0 Å². The van der Waals surface area contributed by atoms with Crippen LogP contribution in [-0.2, 0) is 0 Å². The Balaban J connectivity index is 1.36. The SMILES string of the molecule is O=C(NNc1ncnc(NC23CC4CC(CC(C4)C2)C3)c1[N+](=O)[O-])c1ccc(Cl)cc1. The Bertz CT molecular complexity index is 993. The van der Waals surface area contributed by atoms with Crippen LogP contribution in [0.15, 0.2) is 30.6 Å². The average Bonchev–Trinajstić information content (AvgIpc) is 2.71. The van der Waals surface area contributed by atoms with Crippen LogP contribution in [0.1, 0.15) is 48.9 Å². The predicted octanol–water partition coefficient (Wildman–Crippen LogP) is 4.18. The first-order chi connectivity index (χ1) is 14.9. The summed E-state index contributed by atoms with van der Waals surface area (Å²) < 4.78 is 0. The number of anilines is 2. The molecular weight excluding hydrogens is 420 g/mol. The molecule has 6 rings (SSSR count). The molecule has 4 aliphatic carbocycles. The summed E-state index contributed by atoms with van der Waals surface area (Å²) in [5, 5.41) is 15.9. The van der Waals surface area contributed by atoms with Crippen LogP contribution >= 0.6 is 11.6 Å². The van der Waals surface area contributed by atoms with Gasteiger partial charge in [-0.3, -0.25) is 25.8 Å². The lowest BCUT2D eigenvalue weighted by Crippen LogP contribution is -2.55. The maximum absolute atomic E-state index is 12.3. The van der Waals surface area contributed by atoms with E-state index in [-0.39, 0.29) is 22.9 Å². The number of halogens is 1. The molecule has 1 aromatic carbocycles. The van der Waals surface area contributed by atoms with Gasteiger partial charge in [-0.1, -0.05) is 11.6 Å². The van der Waals surface area contributed by atoms with Crippen LogP contribution in [0.5, 0.6) is 0 Å². The van der Waals surface area contributed by atoms with Crippen LogP contribution in [0.3, 0.4) is 0 Å². The van der Waals surface area contributed by atoms with Crippen molar-refractivity contribution < 1.29 is 9.72 Å². The van der Waals surface area contributed by atoms with E-state index in [2.05, 4.69) is 26.1 Å². The lowest BCUT2D eigenvalue weighted by molar-refractivity contribution is -0.383. The summed E-state index contributed by atoms with van der Waals surface area (Å²) in [5.41, 5.74) is 5.00. The van der Waals surface area contributed by atoms with E-state index in [1.165, 1.54) is 25.6 Å². The number of amides is 1. The number of hydrazine groups is 1.